The molecule has 0 spiro atoms. The van der Waals surface area contributed by atoms with Gasteiger partial charge in [-0.25, -0.2) is 4.98 Å². The molecule has 1 saturated heterocycles. The van der Waals surface area contributed by atoms with Crippen molar-refractivity contribution in [2.24, 2.45) is 4.99 Å². The molecule has 0 amide bonds. The van der Waals surface area contributed by atoms with E-state index in [0.29, 0.717) is 11.1 Å². The Morgan fingerprint density at radius 2 is 2.19 bits per heavy atom. The topological polar surface area (TPSA) is 55.8 Å². The van der Waals surface area contributed by atoms with Gasteiger partial charge in [0.2, 0.25) is 0 Å². The lowest BCUT2D eigenvalue weighted by atomic mass is 10.2. The van der Waals surface area contributed by atoms with E-state index >= 15 is 0 Å². The van der Waals surface area contributed by atoms with Crippen LogP contribution in [-0.2, 0) is 6.54 Å². The molecule has 144 valence electrons. The second kappa shape index (κ2) is 8.95. The van der Waals surface area contributed by atoms with Gasteiger partial charge in [-0.3, -0.25) is 4.99 Å². The highest BCUT2D eigenvalue weighted by Gasteiger charge is 2.25. The fourth-order valence-corrected chi connectivity index (χ4v) is 3.44. The molecule has 0 radical (unpaired) electrons. The first-order valence-corrected chi connectivity index (χ1v) is 9.53. The number of nitrogens with zero attached hydrogens (tertiary/aromatic N) is 4. The Balaban J connectivity index is 1.54. The standard InChI is InChI=1S/C20H27ClN6/c1-22-20(24-13-15-6-4-7-17(12-15)26(2)3)25-16-9-11-27(14-16)19-18(21)8-5-10-23-19/h4-8,10,12,16H,9,11,13-14H2,1-3H3,(H2,22,24,25). The summed E-state index contributed by atoms with van der Waals surface area (Å²) in [5.74, 6) is 1.66. The van der Waals surface area contributed by atoms with Gasteiger partial charge < -0.3 is 20.4 Å². The lowest BCUT2D eigenvalue weighted by Gasteiger charge is -2.20. The third kappa shape index (κ3) is 5.04. The average molecular weight is 387 g/mol. The molecule has 3 rings (SSSR count). The van der Waals surface area contributed by atoms with Crippen molar-refractivity contribution in [2.45, 2.75) is 19.0 Å². The highest BCUT2D eigenvalue weighted by atomic mass is 35.5. The van der Waals surface area contributed by atoms with Crippen molar-refractivity contribution >= 4 is 29.1 Å². The van der Waals surface area contributed by atoms with Crippen LogP contribution in [0.3, 0.4) is 0 Å². The van der Waals surface area contributed by atoms with E-state index < -0.39 is 0 Å². The number of anilines is 2. The number of halogens is 1. The molecule has 1 aliphatic heterocycles. The van der Waals surface area contributed by atoms with Crippen molar-refractivity contribution < 1.29 is 0 Å². The van der Waals surface area contributed by atoms with Gasteiger partial charge in [0.15, 0.2) is 5.96 Å². The zero-order chi connectivity index (χ0) is 19.2. The van der Waals surface area contributed by atoms with E-state index in [1.807, 2.05) is 26.2 Å². The van der Waals surface area contributed by atoms with Crippen LogP contribution >= 0.6 is 11.6 Å². The number of nitrogens with one attached hydrogen (secondary N) is 2. The lowest BCUT2D eigenvalue weighted by Crippen LogP contribution is -2.44. The molecule has 1 atom stereocenters. The van der Waals surface area contributed by atoms with Crippen molar-refractivity contribution in [1.29, 1.82) is 0 Å². The summed E-state index contributed by atoms with van der Waals surface area (Å²) in [4.78, 5) is 13.1. The summed E-state index contributed by atoms with van der Waals surface area (Å²) >= 11 is 6.27. The Morgan fingerprint density at radius 1 is 1.33 bits per heavy atom. The maximum Gasteiger partial charge on any atom is 0.191 e. The molecule has 2 N–H and O–H groups in total. The highest BCUT2D eigenvalue weighted by molar-refractivity contribution is 6.32. The normalized spacial score (nSPS) is 17.1. The van der Waals surface area contributed by atoms with E-state index in [9.17, 15) is 0 Å². The Morgan fingerprint density at radius 3 is 2.93 bits per heavy atom. The highest BCUT2D eigenvalue weighted by Crippen LogP contribution is 2.25. The number of pyridine rings is 1. The second-order valence-corrected chi connectivity index (χ2v) is 7.28. The molecular weight excluding hydrogens is 360 g/mol. The van der Waals surface area contributed by atoms with Gasteiger partial charge in [-0.1, -0.05) is 23.7 Å². The molecule has 7 heteroatoms. The molecule has 0 saturated carbocycles. The van der Waals surface area contributed by atoms with Gasteiger partial charge in [-0.2, -0.15) is 0 Å². The number of guanidine groups is 1. The van der Waals surface area contributed by atoms with E-state index in [4.69, 9.17) is 11.6 Å². The first-order valence-electron chi connectivity index (χ1n) is 9.15. The Hall–Kier alpha value is -2.47. The summed E-state index contributed by atoms with van der Waals surface area (Å²) in [5, 5.41) is 7.61. The van der Waals surface area contributed by atoms with Gasteiger partial charge in [-0.15, -0.1) is 0 Å². The van der Waals surface area contributed by atoms with E-state index in [1.165, 1.54) is 11.3 Å². The minimum Gasteiger partial charge on any atom is -0.378 e. The molecule has 1 unspecified atom stereocenters. The zero-order valence-corrected chi connectivity index (χ0v) is 16.9. The number of hydrogen-bond acceptors (Lipinski definition) is 4. The molecule has 1 aromatic heterocycles. The number of benzene rings is 1. The Labute approximate surface area is 166 Å². The summed E-state index contributed by atoms with van der Waals surface area (Å²) in [6.45, 7) is 2.51. The van der Waals surface area contributed by atoms with Crippen molar-refractivity contribution in [3.8, 4) is 0 Å². The zero-order valence-electron chi connectivity index (χ0n) is 16.1. The van der Waals surface area contributed by atoms with Crippen LogP contribution in [0.4, 0.5) is 11.5 Å². The summed E-state index contributed by atoms with van der Waals surface area (Å²) < 4.78 is 0. The van der Waals surface area contributed by atoms with Gasteiger partial charge in [0.05, 0.1) is 5.02 Å². The summed E-state index contributed by atoms with van der Waals surface area (Å²) in [5.41, 5.74) is 2.41. The van der Waals surface area contributed by atoms with Crippen LogP contribution in [0.25, 0.3) is 0 Å². The molecule has 27 heavy (non-hydrogen) atoms. The SMILES string of the molecule is CN=C(NCc1cccc(N(C)C)c1)NC1CCN(c2ncccc2Cl)C1. The van der Waals surface area contributed by atoms with Crippen molar-refractivity contribution in [1.82, 2.24) is 15.6 Å². The lowest BCUT2D eigenvalue weighted by molar-refractivity contribution is 0.648. The smallest absolute Gasteiger partial charge is 0.191 e. The Kier molecular flexibility index (Phi) is 6.40. The summed E-state index contributed by atoms with van der Waals surface area (Å²) in [6.07, 6.45) is 2.80. The molecule has 1 fully saturated rings. The first kappa shape index (κ1) is 19.3. The van der Waals surface area contributed by atoms with Gasteiger partial charge in [-0.05, 0) is 36.2 Å². The van der Waals surface area contributed by atoms with Crippen molar-refractivity contribution in [3.63, 3.8) is 0 Å². The minimum atomic E-state index is 0.308. The maximum absolute atomic E-state index is 6.27. The van der Waals surface area contributed by atoms with E-state index in [2.05, 4.69) is 54.7 Å². The van der Waals surface area contributed by atoms with Crippen LogP contribution in [0.1, 0.15) is 12.0 Å². The van der Waals surface area contributed by atoms with Crippen LogP contribution in [0.2, 0.25) is 5.02 Å². The third-order valence-corrected chi connectivity index (χ3v) is 4.97. The predicted octanol–water partition coefficient (Wildman–Crippen LogP) is 2.74. The fourth-order valence-electron chi connectivity index (χ4n) is 3.20. The molecule has 0 bridgehead atoms. The molecule has 0 aliphatic carbocycles. The van der Waals surface area contributed by atoms with Gasteiger partial charge in [0, 0.05) is 58.7 Å². The summed E-state index contributed by atoms with van der Waals surface area (Å²) in [6, 6.07) is 12.5. The molecule has 1 aliphatic rings. The molecule has 2 aromatic rings. The predicted molar refractivity (Wildman–Crippen MR) is 114 cm³/mol. The van der Waals surface area contributed by atoms with Gasteiger partial charge >= 0.3 is 0 Å². The fraction of sp³-hybridized carbons (Fsp3) is 0.400. The van der Waals surface area contributed by atoms with E-state index in [0.717, 1.165) is 37.8 Å². The average Bonchev–Trinajstić information content (AvgIpc) is 3.14. The summed E-state index contributed by atoms with van der Waals surface area (Å²) in [7, 11) is 5.90. The Bertz CT molecular complexity index is 792. The van der Waals surface area contributed by atoms with Crippen LogP contribution < -0.4 is 20.4 Å². The number of aromatic nitrogens is 1. The third-order valence-electron chi connectivity index (χ3n) is 4.68. The number of rotatable bonds is 5. The van der Waals surface area contributed by atoms with E-state index in [1.54, 1.807) is 13.2 Å². The number of hydrogen-bond donors (Lipinski definition) is 2. The molecule has 1 aromatic carbocycles. The van der Waals surface area contributed by atoms with Gasteiger partial charge in [0.1, 0.15) is 5.82 Å². The second-order valence-electron chi connectivity index (χ2n) is 6.87. The first-order chi connectivity index (χ1) is 13.1. The van der Waals surface area contributed by atoms with Crippen molar-refractivity contribution in [2.75, 3.05) is 44.0 Å². The molecule has 6 nitrogen and oxygen atoms in total. The number of aliphatic imine (C=N–C) groups is 1. The largest absolute Gasteiger partial charge is 0.378 e. The van der Waals surface area contributed by atoms with Gasteiger partial charge in [0.25, 0.3) is 0 Å². The van der Waals surface area contributed by atoms with Crippen LogP contribution in [-0.4, -0.2) is 51.2 Å². The maximum atomic E-state index is 6.27. The molecular formula is C20H27ClN6. The quantitative estimate of drug-likeness (QED) is 0.611. The van der Waals surface area contributed by atoms with Crippen LogP contribution in [0.5, 0.6) is 0 Å². The van der Waals surface area contributed by atoms with Crippen LogP contribution in [0.15, 0.2) is 47.6 Å². The van der Waals surface area contributed by atoms with Crippen molar-refractivity contribution in [3.05, 3.63) is 53.2 Å². The minimum absolute atomic E-state index is 0.308. The molecule has 2 heterocycles. The van der Waals surface area contributed by atoms with E-state index in [-0.39, 0.29) is 0 Å². The monoisotopic (exact) mass is 386 g/mol. The van der Waals surface area contributed by atoms with Crippen LogP contribution in [0, 0.1) is 0 Å².